The van der Waals surface area contributed by atoms with Crippen molar-refractivity contribution in [2.24, 2.45) is 17.8 Å². The fourth-order valence-corrected chi connectivity index (χ4v) is 15.8. The number of rotatable bonds is 21. The Morgan fingerprint density at radius 1 is 0.347 bits per heavy atom. The van der Waals surface area contributed by atoms with Gasteiger partial charge < -0.3 is 29.5 Å². The average molecular weight is 1440 g/mol. The molecule has 9 nitrogen and oxygen atoms in total. The van der Waals surface area contributed by atoms with Gasteiger partial charge in [0.2, 0.25) is 0 Å². The van der Waals surface area contributed by atoms with Gasteiger partial charge in [-0.05, 0) is 223 Å². The third-order valence-corrected chi connectivity index (χ3v) is 22.2. The number of alkyl halides is 9. The molecular weight excluding hydrogens is 1340 g/mol. The highest BCUT2D eigenvalue weighted by Gasteiger charge is 2.47. The Hall–Kier alpha value is -5.28. The van der Waals surface area contributed by atoms with E-state index in [4.69, 9.17) is 49.0 Å². The summed E-state index contributed by atoms with van der Waals surface area (Å²) in [6, 6.07) is 38.7. The molecule has 0 radical (unpaired) electrons. The number of ether oxygens (including phenoxy) is 3. The van der Waals surface area contributed by atoms with Gasteiger partial charge in [-0.25, -0.2) is 0 Å². The summed E-state index contributed by atoms with van der Waals surface area (Å²) in [6.45, 7) is 6.69. The van der Waals surface area contributed by atoms with E-state index in [2.05, 4.69) is 51.1 Å². The van der Waals surface area contributed by atoms with Gasteiger partial charge in [0.05, 0.1) is 56.3 Å². The van der Waals surface area contributed by atoms with Crippen LogP contribution >= 0.6 is 34.8 Å². The average Bonchev–Trinajstić information content (AvgIpc) is 0.781. The second-order valence-electron chi connectivity index (χ2n) is 27.3. The topological polar surface area (TPSA) is 98.1 Å². The number of halogens is 12. The van der Waals surface area contributed by atoms with Gasteiger partial charge in [0, 0.05) is 86.8 Å². The van der Waals surface area contributed by atoms with Gasteiger partial charge in [-0.15, -0.1) is 0 Å². The lowest BCUT2D eigenvalue weighted by molar-refractivity contribution is -0.138. The van der Waals surface area contributed by atoms with Crippen LogP contribution in [0.25, 0.3) is 0 Å². The van der Waals surface area contributed by atoms with Crippen LogP contribution in [0.2, 0.25) is 15.1 Å². The zero-order chi connectivity index (χ0) is 68.3. The first-order valence-electron chi connectivity index (χ1n) is 33.7. The van der Waals surface area contributed by atoms with E-state index < -0.39 is 35.2 Å². The second kappa shape index (κ2) is 34.6. The molecule has 0 amide bonds. The van der Waals surface area contributed by atoms with Gasteiger partial charge in [0.15, 0.2) is 0 Å². The van der Waals surface area contributed by atoms with Crippen LogP contribution in [-0.4, -0.2) is 127 Å². The molecule has 0 spiro atoms. The summed E-state index contributed by atoms with van der Waals surface area (Å²) < 4.78 is 132. The van der Waals surface area contributed by atoms with E-state index in [9.17, 15) is 54.8 Å². The summed E-state index contributed by atoms with van der Waals surface area (Å²) in [5, 5.41) is 32.8. The van der Waals surface area contributed by atoms with E-state index in [-0.39, 0.29) is 86.8 Å². The number of piperidine rings is 3. The molecule has 6 fully saturated rings. The van der Waals surface area contributed by atoms with Crippen molar-refractivity contribution in [2.45, 2.75) is 164 Å². The van der Waals surface area contributed by atoms with Crippen LogP contribution in [0.1, 0.15) is 145 Å². The lowest BCUT2D eigenvalue weighted by Gasteiger charge is -2.50. The highest BCUT2D eigenvalue weighted by atomic mass is 35.5. The molecule has 6 atom stereocenters. The smallest absolute Gasteiger partial charge is 0.416 e. The molecule has 3 heterocycles. The van der Waals surface area contributed by atoms with E-state index >= 15 is 0 Å². The molecule has 3 saturated heterocycles. The Morgan fingerprint density at radius 2 is 0.571 bits per heavy atom. The molecule has 3 aliphatic carbocycles. The minimum Gasteiger partial charge on any atom is -0.493 e. The molecule has 0 bridgehead atoms. The van der Waals surface area contributed by atoms with Crippen molar-refractivity contribution in [3.8, 4) is 17.2 Å². The molecule has 538 valence electrons. The Balaban J connectivity index is 0.000000186. The van der Waals surface area contributed by atoms with Gasteiger partial charge in [0.25, 0.3) is 0 Å². The number of benzene rings is 6. The third kappa shape index (κ3) is 19.7. The van der Waals surface area contributed by atoms with Crippen molar-refractivity contribution in [3.05, 3.63) is 194 Å². The van der Waals surface area contributed by atoms with E-state index in [1.54, 1.807) is 0 Å². The van der Waals surface area contributed by atoms with E-state index in [1.165, 1.54) is 72.4 Å². The minimum atomic E-state index is -4.36. The number of hydrogen-bond acceptors (Lipinski definition) is 9. The van der Waals surface area contributed by atoms with Crippen LogP contribution in [0.15, 0.2) is 146 Å². The Labute approximate surface area is 587 Å². The molecular formula is C77H95Cl3F9N3O6. The minimum absolute atomic E-state index is 0. The second-order valence-corrected chi connectivity index (χ2v) is 28.6. The summed E-state index contributed by atoms with van der Waals surface area (Å²) in [5.74, 6) is 1.63. The largest absolute Gasteiger partial charge is 0.493 e. The maximum absolute atomic E-state index is 12.8. The molecule has 0 aromatic heterocycles. The fraction of sp³-hybridized carbons (Fsp3) is 0.532. The molecule has 6 aromatic carbocycles. The summed E-state index contributed by atoms with van der Waals surface area (Å²) >= 11 is 18.2. The van der Waals surface area contributed by atoms with E-state index in [0.29, 0.717) is 37.1 Å². The lowest BCUT2D eigenvalue weighted by atomic mass is 9.63. The Morgan fingerprint density at radius 3 is 0.755 bits per heavy atom. The lowest BCUT2D eigenvalue weighted by Crippen LogP contribution is -2.55. The molecule has 3 saturated carbocycles. The molecule has 3 N–H and O–H groups in total. The zero-order valence-corrected chi connectivity index (χ0v) is 56.1. The van der Waals surface area contributed by atoms with Crippen molar-refractivity contribution in [1.82, 2.24) is 14.7 Å². The maximum atomic E-state index is 12.8. The molecule has 0 unspecified atom stereocenters. The highest BCUT2D eigenvalue weighted by molar-refractivity contribution is 6.31. The number of nitrogens with zero attached hydrogens (tertiary/aromatic N) is 3. The quantitative estimate of drug-likeness (QED) is 0.0609. The monoisotopic (exact) mass is 1430 g/mol. The SMILES string of the molecule is C.C.OC[C@@H]1[C@H](COc2ccc(C(F)(F)F)cc2)CCCN1CC1(c2ccc(Cl)cc2)CCC1.OC[C@@H]1[C@H](COc2ccc(C(F)(F)F)cc2)CCCN1CC1(c2ccc(Cl)cc2)CCC1.OC[C@H]1[C@@H](COc2ccc(C(F)(F)F)cc2)CCCN1CC1(c2ccc(Cl)cc2)CCC1. The first-order valence-corrected chi connectivity index (χ1v) is 34.8. The molecule has 98 heavy (non-hydrogen) atoms. The van der Waals surface area contributed by atoms with Gasteiger partial charge in [-0.1, -0.05) is 105 Å². The first-order chi connectivity index (χ1) is 45.9. The molecule has 3 aliphatic heterocycles. The molecule has 12 rings (SSSR count). The first kappa shape index (κ1) is 78.4. The van der Waals surface area contributed by atoms with Gasteiger partial charge >= 0.3 is 18.5 Å². The van der Waals surface area contributed by atoms with Crippen LogP contribution < -0.4 is 14.2 Å². The van der Waals surface area contributed by atoms with Crippen LogP contribution in [0.5, 0.6) is 17.2 Å². The number of aliphatic hydroxyl groups excluding tert-OH is 3. The van der Waals surface area contributed by atoms with Gasteiger partial charge in [-0.3, -0.25) is 14.7 Å². The Bertz CT molecular complexity index is 3000. The highest BCUT2D eigenvalue weighted by Crippen LogP contribution is 2.49. The summed E-state index contributed by atoms with van der Waals surface area (Å²) in [6.07, 6.45) is 3.05. The molecule has 21 heteroatoms. The van der Waals surface area contributed by atoms with Crippen molar-refractivity contribution in [1.29, 1.82) is 0 Å². The third-order valence-electron chi connectivity index (χ3n) is 21.4. The van der Waals surface area contributed by atoms with Crippen LogP contribution in [-0.2, 0) is 34.8 Å². The molecule has 6 aromatic rings. The summed E-state index contributed by atoms with van der Waals surface area (Å²) in [4.78, 5) is 7.16. The Kier molecular flexibility index (Phi) is 27.7. The summed E-state index contributed by atoms with van der Waals surface area (Å²) in [7, 11) is 0. The van der Waals surface area contributed by atoms with Gasteiger partial charge in [-0.2, -0.15) is 39.5 Å². The normalized spacial score (nSPS) is 23.1. The fourth-order valence-electron chi connectivity index (χ4n) is 15.4. The van der Waals surface area contributed by atoms with Crippen LogP contribution in [0.4, 0.5) is 39.5 Å². The predicted octanol–water partition coefficient (Wildman–Crippen LogP) is 19.1. The predicted molar refractivity (Wildman–Crippen MR) is 371 cm³/mol. The summed E-state index contributed by atoms with van der Waals surface area (Å²) in [5.41, 5.74) is 2.12. The number of aliphatic hydroxyl groups is 3. The van der Waals surface area contributed by atoms with Crippen molar-refractivity contribution in [3.63, 3.8) is 0 Å². The zero-order valence-electron chi connectivity index (χ0n) is 53.9. The van der Waals surface area contributed by atoms with Crippen molar-refractivity contribution in [2.75, 3.05) is 78.9 Å². The van der Waals surface area contributed by atoms with Crippen LogP contribution in [0.3, 0.4) is 0 Å². The van der Waals surface area contributed by atoms with Crippen molar-refractivity contribution >= 4 is 34.8 Å². The van der Waals surface area contributed by atoms with E-state index in [1.807, 2.05) is 36.4 Å². The van der Waals surface area contributed by atoms with Crippen molar-refractivity contribution < 1.29 is 69.0 Å². The standard InChI is InChI=1S/3C25H29ClF3NO2.2CH4/c3*26-21-8-4-19(5-9-21)24(12-2-13-24)17-30-14-1-3-18(23(30)15-31)16-32-22-10-6-20(7-11-22)25(27,28)29;;/h3*4-11,18,23,31H,1-3,12-17H2;2*1H4/t3*18-,23+;;/m100../s1. The number of hydrogen-bond donors (Lipinski definition) is 3. The molecule has 6 aliphatic rings. The number of likely N-dealkylation sites (tertiary alicyclic amines) is 3. The van der Waals surface area contributed by atoms with Crippen LogP contribution in [0, 0.1) is 17.8 Å². The maximum Gasteiger partial charge on any atom is 0.416 e. The van der Waals surface area contributed by atoms with Gasteiger partial charge in [0.1, 0.15) is 17.2 Å². The van der Waals surface area contributed by atoms with E-state index in [0.717, 1.165) is 168 Å².